The number of carbonyl (C=O) groups excluding carboxylic acids is 1. The molecule has 1 heterocycles. The Balaban J connectivity index is 1.37. The molecule has 0 N–H and O–H groups in total. The molecule has 5 fully saturated rings. The quantitative estimate of drug-likeness (QED) is 0.725. The Kier molecular flexibility index (Phi) is 3.62. The van der Waals surface area contributed by atoms with E-state index in [0.29, 0.717) is 10.5 Å². The Labute approximate surface area is 127 Å². The molecule has 3 heteroatoms. The van der Waals surface area contributed by atoms with E-state index < -0.39 is 0 Å². The van der Waals surface area contributed by atoms with Crippen LogP contribution in [0.5, 0.6) is 0 Å². The molecule has 0 spiro atoms. The monoisotopic (exact) mass is 293 g/mol. The normalized spacial score (nSPS) is 43.9. The molecule has 4 bridgehead atoms. The van der Waals surface area contributed by atoms with E-state index in [-0.39, 0.29) is 0 Å². The summed E-state index contributed by atoms with van der Waals surface area (Å²) in [5.41, 5.74) is 0.425. The fourth-order valence-electron chi connectivity index (χ4n) is 5.95. The molecule has 5 aliphatic rings. The third-order valence-electron chi connectivity index (χ3n) is 6.23. The summed E-state index contributed by atoms with van der Waals surface area (Å²) in [5, 5.41) is 0.467. The van der Waals surface area contributed by atoms with Crippen molar-refractivity contribution in [2.45, 2.75) is 64.2 Å². The number of hydrogen-bond donors (Lipinski definition) is 0. The number of piperidine rings is 1. The Morgan fingerprint density at radius 3 is 2.05 bits per heavy atom. The number of nitrogens with zero attached hydrogens (tertiary/aromatic N) is 1. The number of rotatable bonds is 3. The first-order chi connectivity index (χ1) is 9.71. The van der Waals surface area contributed by atoms with Gasteiger partial charge in [0.05, 0.1) is 0 Å². The van der Waals surface area contributed by atoms with Gasteiger partial charge in [0, 0.05) is 19.5 Å². The number of carbonyl (C=O) groups is 1. The molecular weight excluding hydrogens is 266 g/mol. The van der Waals surface area contributed by atoms with Gasteiger partial charge in [-0.1, -0.05) is 6.42 Å². The van der Waals surface area contributed by atoms with Crippen LogP contribution in [0, 0.1) is 23.2 Å². The lowest BCUT2D eigenvalue weighted by molar-refractivity contribution is -0.119. The summed E-state index contributed by atoms with van der Waals surface area (Å²) in [6.07, 6.45) is 13.3. The second-order valence-corrected chi connectivity index (χ2v) is 9.20. The fourth-order valence-corrected chi connectivity index (χ4v) is 7.04. The van der Waals surface area contributed by atoms with Gasteiger partial charge in [-0.25, -0.2) is 4.31 Å². The molecule has 4 aliphatic carbocycles. The van der Waals surface area contributed by atoms with Crippen LogP contribution in [0.4, 0.5) is 0 Å². The van der Waals surface area contributed by atoms with Crippen LogP contribution in [0.15, 0.2) is 0 Å². The van der Waals surface area contributed by atoms with E-state index in [9.17, 15) is 4.79 Å². The van der Waals surface area contributed by atoms with Gasteiger partial charge in [-0.3, -0.25) is 4.79 Å². The van der Waals surface area contributed by atoms with Gasteiger partial charge in [-0.2, -0.15) is 0 Å². The summed E-state index contributed by atoms with van der Waals surface area (Å²) in [6.45, 7) is 2.24. The van der Waals surface area contributed by atoms with Crippen LogP contribution in [0.3, 0.4) is 0 Å². The van der Waals surface area contributed by atoms with Crippen LogP contribution < -0.4 is 0 Å². The summed E-state index contributed by atoms with van der Waals surface area (Å²) < 4.78 is 2.33. The molecular formula is C17H27NOS. The predicted molar refractivity (Wildman–Crippen MR) is 83.2 cm³/mol. The maximum Gasteiger partial charge on any atom is 0.204 e. The minimum atomic E-state index is 0.425. The van der Waals surface area contributed by atoms with Gasteiger partial charge < -0.3 is 0 Å². The van der Waals surface area contributed by atoms with E-state index in [1.54, 1.807) is 11.9 Å². The minimum Gasteiger partial charge on any atom is -0.286 e. The summed E-state index contributed by atoms with van der Waals surface area (Å²) >= 11 is 1.56. The predicted octanol–water partition coefficient (Wildman–Crippen LogP) is 4.25. The van der Waals surface area contributed by atoms with Crippen molar-refractivity contribution in [3.05, 3.63) is 0 Å². The average Bonchev–Trinajstić information content (AvgIpc) is 2.37. The van der Waals surface area contributed by atoms with Gasteiger partial charge in [0.15, 0.2) is 0 Å². The maximum atomic E-state index is 12.5. The van der Waals surface area contributed by atoms with Crippen LogP contribution in [0.2, 0.25) is 0 Å². The van der Waals surface area contributed by atoms with Crippen molar-refractivity contribution < 1.29 is 4.79 Å². The van der Waals surface area contributed by atoms with Gasteiger partial charge in [0.1, 0.15) is 0 Å². The lowest BCUT2D eigenvalue weighted by atomic mass is 9.49. The zero-order chi connectivity index (χ0) is 13.6. The lowest BCUT2D eigenvalue weighted by Gasteiger charge is -2.56. The van der Waals surface area contributed by atoms with E-state index in [1.165, 1.54) is 57.8 Å². The van der Waals surface area contributed by atoms with Crippen molar-refractivity contribution in [2.24, 2.45) is 23.2 Å². The summed E-state index contributed by atoms with van der Waals surface area (Å²) in [4.78, 5) is 12.5. The van der Waals surface area contributed by atoms with E-state index in [4.69, 9.17) is 0 Å². The highest BCUT2D eigenvalue weighted by Gasteiger charge is 2.51. The van der Waals surface area contributed by atoms with Crippen molar-refractivity contribution in [3.63, 3.8) is 0 Å². The standard InChI is InChI=1S/C17H27NOS/c19-16(20-18-4-2-1-3-5-18)12-17-9-13-6-14(10-17)8-15(7-13)11-17/h13-15H,1-12H2. The lowest BCUT2D eigenvalue weighted by Crippen LogP contribution is -2.46. The summed E-state index contributed by atoms with van der Waals surface area (Å²) in [5.74, 6) is 2.90. The topological polar surface area (TPSA) is 20.3 Å². The molecule has 112 valence electrons. The maximum absolute atomic E-state index is 12.5. The molecule has 0 aromatic heterocycles. The molecule has 5 rings (SSSR count). The first-order valence-electron chi connectivity index (χ1n) is 8.67. The summed E-state index contributed by atoms with van der Waals surface area (Å²) in [7, 11) is 0. The van der Waals surface area contributed by atoms with Gasteiger partial charge >= 0.3 is 0 Å². The van der Waals surface area contributed by atoms with E-state index in [1.807, 2.05) is 0 Å². The molecule has 4 saturated carbocycles. The van der Waals surface area contributed by atoms with Crippen LogP contribution in [-0.4, -0.2) is 22.5 Å². The van der Waals surface area contributed by atoms with Crippen molar-refractivity contribution >= 4 is 17.1 Å². The summed E-state index contributed by atoms with van der Waals surface area (Å²) in [6, 6.07) is 0. The van der Waals surface area contributed by atoms with Crippen molar-refractivity contribution in [2.75, 3.05) is 13.1 Å². The molecule has 1 aliphatic heterocycles. The Bertz CT molecular complexity index is 353. The zero-order valence-electron chi connectivity index (χ0n) is 12.5. The molecule has 0 atom stereocenters. The Morgan fingerprint density at radius 2 is 1.50 bits per heavy atom. The second kappa shape index (κ2) is 5.31. The average molecular weight is 293 g/mol. The van der Waals surface area contributed by atoms with Crippen LogP contribution >= 0.6 is 11.9 Å². The van der Waals surface area contributed by atoms with Gasteiger partial charge in [-0.15, -0.1) is 0 Å². The van der Waals surface area contributed by atoms with Gasteiger partial charge in [0.25, 0.3) is 0 Å². The largest absolute Gasteiger partial charge is 0.286 e. The minimum absolute atomic E-state index is 0.425. The zero-order valence-corrected chi connectivity index (χ0v) is 13.3. The fraction of sp³-hybridized carbons (Fsp3) is 0.941. The first kappa shape index (κ1) is 13.6. The smallest absolute Gasteiger partial charge is 0.204 e. The molecule has 20 heavy (non-hydrogen) atoms. The third kappa shape index (κ3) is 2.68. The van der Waals surface area contributed by atoms with E-state index in [0.717, 1.165) is 37.3 Å². The third-order valence-corrected chi connectivity index (χ3v) is 7.20. The highest BCUT2D eigenvalue weighted by molar-refractivity contribution is 8.11. The first-order valence-corrected chi connectivity index (χ1v) is 9.44. The van der Waals surface area contributed by atoms with Crippen molar-refractivity contribution in [1.82, 2.24) is 4.31 Å². The van der Waals surface area contributed by atoms with E-state index in [2.05, 4.69) is 4.31 Å². The van der Waals surface area contributed by atoms with Crippen LogP contribution in [0.1, 0.15) is 64.2 Å². The van der Waals surface area contributed by atoms with Crippen LogP contribution in [-0.2, 0) is 4.79 Å². The second-order valence-electron chi connectivity index (χ2n) is 8.05. The van der Waals surface area contributed by atoms with Crippen molar-refractivity contribution in [3.8, 4) is 0 Å². The molecule has 0 aromatic carbocycles. The molecule has 1 saturated heterocycles. The number of hydrogen-bond acceptors (Lipinski definition) is 3. The Morgan fingerprint density at radius 1 is 0.950 bits per heavy atom. The highest BCUT2D eigenvalue weighted by Crippen LogP contribution is 2.61. The molecule has 0 aromatic rings. The SMILES string of the molecule is O=C(CC12CC3CC(CC(C3)C1)C2)SN1CCCCC1. The van der Waals surface area contributed by atoms with Crippen LogP contribution in [0.25, 0.3) is 0 Å². The molecule has 0 amide bonds. The van der Waals surface area contributed by atoms with Gasteiger partial charge in [-0.05, 0) is 86.5 Å². The van der Waals surface area contributed by atoms with Gasteiger partial charge in [0.2, 0.25) is 5.12 Å². The highest BCUT2D eigenvalue weighted by atomic mass is 32.2. The molecule has 2 nitrogen and oxygen atoms in total. The van der Waals surface area contributed by atoms with Crippen molar-refractivity contribution in [1.29, 1.82) is 0 Å². The molecule has 0 unspecified atom stereocenters. The Hall–Kier alpha value is -0.0200. The van der Waals surface area contributed by atoms with E-state index >= 15 is 0 Å². The molecule has 0 radical (unpaired) electrons.